The highest BCUT2D eigenvalue weighted by atomic mass is 16.2. The maximum atomic E-state index is 12.4. The molecule has 5 heteroatoms. The van der Waals surface area contributed by atoms with Crippen molar-refractivity contribution in [3.63, 3.8) is 0 Å². The fourth-order valence-corrected chi connectivity index (χ4v) is 2.73. The Morgan fingerprint density at radius 3 is 3.05 bits per heavy atom. The Balaban J connectivity index is 1.87. The molecule has 1 amide bonds. The van der Waals surface area contributed by atoms with Crippen LogP contribution in [0, 0.1) is 0 Å². The van der Waals surface area contributed by atoms with Crippen LogP contribution in [0.25, 0.3) is 0 Å². The van der Waals surface area contributed by atoms with Gasteiger partial charge in [0.1, 0.15) is 11.4 Å². The van der Waals surface area contributed by atoms with Gasteiger partial charge in [-0.05, 0) is 37.0 Å². The maximum absolute atomic E-state index is 12.4. The Kier molecular flexibility index (Phi) is 4.04. The zero-order chi connectivity index (χ0) is 15.5. The van der Waals surface area contributed by atoms with Crippen LogP contribution in [0.1, 0.15) is 41.5 Å². The smallest absolute Gasteiger partial charge is 0.266 e. The van der Waals surface area contributed by atoms with Gasteiger partial charge in [-0.2, -0.15) is 0 Å². The first-order valence-corrected chi connectivity index (χ1v) is 7.68. The number of carbonyl (C=O) groups is 1. The van der Waals surface area contributed by atoms with Crippen molar-refractivity contribution in [1.82, 2.24) is 9.55 Å². The molecule has 0 spiro atoms. The molecule has 0 saturated carbocycles. The number of aromatic nitrogens is 2. The summed E-state index contributed by atoms with van der Waals surface area (Å²) in [6.07, 6.45) is 5.10. The molecule has 22 heavy (non-hydrogen) atoms. The van der Waals surface area contributed by atoms with Crippen molar-refractivity contribution in [2.24, 2.45) is 0 Å². The fraction of sp³-hybridized carbons (Fsp3) is 0.353. The molecule has 1 aliphatic rings. The molecule has 0 bridgehead atoms. The highest BCUT2D eigenvalue weighted by Crippen LogP contribution is 2.13. The first-order valence-electron chi connectivity index (χ1n) is 7.68. The highest BCUT2D eigenvalue weighted by Gasteiger charge is 2.18. The van der Waals surface area contributed by atoms with Crippen LogP contribution >= 0.6 is 0 Å². The topological polar surface area (TPSA) is 64.0 Å². The molecule has 1 aromatic carbocycles. The van der Waals surface area contributed by atoms with Gasteiger partial charge in [-0.15, -0.1) is 0 Å². The van der Waals surface area contributed by atoms with Crippen molar-refractivity contribution >= 4 is 11.6 Å². The molecule has 0 unspecified atom stereocenters. The molecule has 5 nitrogen and oxygen atoms in total. The normalized spacial score (nSPS) is 13.5. The molecule has 0 saturated heterocycles. The van der Waals surface area contributed by atoms with E-state index in [4.69, 9.17) is 0 Å². The minimum atomic E-state index is -0.397. The second-order valence-electron chi connectivity index (χ2n) is 5.51. The minimum Gasteiger partial charge on any atom is -0.322 e. The van der Waals surface area contributed by atoms with Crippen LogP contribution < -0.4 is 10.9 Å². The Hall–Kier alpha value is -2.43. The van der Waals surface area contributed by atoms with Crippen LogP contribution in [-0.4, -0.2) is 15.5 Å². The third-order valence-corrected chi connectivity index (χ3v) is 4.00. The number of amides is 1. The first kappa shape index (κ1) is 14.5. The summed E-state index contributed by atoms with van der Waals surface area (Å²) in [5, 5.41) is 2.79. The zero-order valence-electron chi connectivity index (χ0n) is 12.6. The number of carbonyl (C=O) groups excluding carboxylic acids is 1. The van der Waals surface area contributed by atoms with E-state index in [0.29, 0.717) is 12.2 Å². The third kappa shape index (κ3) is 2.79. The third-order valence-electron chi connectivity index (χ3n) is 4.00. The summed E-state index contributed by atoms with van der Waals surface area (Å²) in [6.45, 7) is 2.70. The number of nitrogens with zero attached hydrogens (tertiary/aromatic N) is 2. The van der Waals surface area contributed by atoms with Crippen LogP contribution in [0.4, 0.5) is 5.69 Å². The SMILES string of the molecule is CCc1cccc(NC(=O)c2cnc3n(c2=O)CCCC3)c1. The molecule has 0 radical (unpaired) electrons. The van der Waals surface area contributed by atoms with Crippen molar-refractivity contribution in [3.8, 4) is 0 Å². The van der Waals surface area contributed by atoms with Crippen molar-refractivity contribution in [2.45, 2.75) is 39.2 Å². The lowest BCUT2D eigenvalue weighted by atomic mass is 10.1. The Morgan fingerprint density at radius 1 is 1.36 bits per heavy atom. The number of hydrogen-bond acceptors (Lipinski definition) is 3. The van der Waals surface area contributed by atoms with Gasteiger partial charge in [0.05, 0.1) is 0 Å². The highest BCUT2D eigenvalue weighted by molar-refractivity contribution is 6.03. The van der Waals surface area contributed by atoms with E-state index in [1.165, 1.54) is 6.20 Å². The number of rotatable bonds is 3. The van der Waals surface area contributed by atoms with E-state index in [0.717, 1.165) is 37.1 Å². The summed E-state index contributed by atoms with van der Waals surface area (Å²) in [7, 11) is 0. The molecule has 114 valence electrons. The van der Waals surface area contributed by atoms with E-state index in [1.807, 2.05) is 24.3 Å². The van der Waals surface area contributed by atoms with Gasteiger partial charge >= 0.3 is 0 Å². The van der Waals surface area contributed by atoms with E-state index >= 15 is 0 Å². The lowest BCUT2D eigenvalue weighted by molar-refractivity contribution is 0.102. The van der Waals surface area contributed by atoms with Gasteiger partial charge in [0.2, 0.25) is 0 Å². The van der Waals surface area contributed by atoms with Crippen LogP contribution in [0.2, 0.25) is 0 Å². The molecule has 1 aromatic heterocycles. The standard InChI is InChI=1S/C17H19N3O2/c1-2-12-6-5-7-13(10-12)19-16(21)14-11-18-15-8-3-4-9-20(15)17(14)22/h5-7,10-11H,2-4,8-9H2,1H3,(H,19,21). The van der Waals surface area contributed by atoms with Crippen molar-refractivity contribution < 1.29 is 4.79 Å². The van der Waals surface area contributed by atoms with E-state index < -0.39 is 5.91 Å². The second-order valence-corrected chi connectivity index (χ2v) is 5.51. The van der Waals surface area contributed by atoms with Crippen LogP contribution in [0.15, 0.2) is 35.3 Å². The number of anilines is 1. The van der Waals surface area contributed by atoms with Crippen molar-refractivity contribution in [2.75, 3.05) is 5.32 Å². The second kappa shape index (κ2) is 6.13. The number of hydrogen-bond donors (Lipinski definition) is 1. The average Bonchev–Trinajstić information content (AvgIpc) is 2.55. The van der Waals surface area contributed by atoms with Crippen LogP contribution in [-0.2, 0) is 19.4 Å². The molecule has 0 aliphatic carbocycles. The lowest BCUT2D eigenvalue weighted by Crippen LogP contribution is -2.33. The monoisotopic (exact) mass is 297 g/mol. The van der Waals surface area contributed by atoms with Gasteiger partial charge in [0, 0.05) is 24.8 Å². The summed E-state index contributed by atoms with van der Waals surface area (Å²) < 4.78 is 1.63. The van der Waals surface area contributed by atoms with Gasteiger partial charge < -0.3 is 5.32 Å². The quantitative estimate of drug-likeness (QED) is 0.946. The number of fused-ring (bicyclic) bond motifs is 1. The Labute approximate surface area is 129 Å². The predicted octanol–water partition coefficient (Wildman–Crippen LogP) is 2.39. The summed E-state index contributed by atoms with van der Waals surface area (Å²) in [5.74, 6) is 0.382. The fourth-order valence-electron chi connectivity index (χ4n) is 2.73. The summed E-state index contributed by atoms with van der Waals surface area (Å²) in [6, 6.07) is 7.64. The minimum absolute atomic E-state index is 0.104. The largest absolute Gasteiger partial charge is 0.322 e. The van der Waals surface area contributed by atoms with E-state index in [9.17, 15) is 9.59 Å². The summed E-state index contributed by atoms with van der Waals surface area (Å²) >= 11 is 0. The zero-order valence-corrected chi connectivity index (χ0v) is 12.6. The Bertz CT molecular complexity index is 765. The molecular formula is C17H19N3O2. The van der Waals surface area contributed by atoms with Crippen LogP contribution in [0.3, 0.4) is 0 Å². The van der Waals surface area contributed by atoms with Crippen LogP contribution in [0.5, 0.6) is 0 Å². The van der Waals surface area contributed by atoms with E-state index in [-0.39, 0.29) is 11.1 Å². The van der Waals surface area contributed by atoms with E-state index in [2.05, 4.69) is 17.2 Å². The number of benzene rings is 1. The predicted molar refractivity (Wildman–Crippen MR) is 85.2 cm³/mol. The summed E-state index contributed by atoms with van der Waals surface area (Å²) in [4.78, 5) is 29.1. The summed E-state index contributed by atoms with van der Waals surface area (Å²) in [5.41, 5.74) is 1.70. The number of nitrogens with one attached hydrogen (secondary N) is 1. The van der Waals surface area contributed by atoms with Gasteiger partial charge in [-0.3, -0.25) is 14.2 Å². The lowest BCUT2D eigenvalue weighted by Gasteiger charge is -2.17. The first-order chi connectivity index (χ1) is 10.7. The molecule has 1 N–H and O–H groups in total. The van der Waals surface area contributed by atoms with Gasteiger partial charge in [-0.1, -0.05) is 19.1 Å². The average molecular weight is 297 g/mol. The maximum Gasteiger partial charge on any atom is 0.266 e. The van der Waals surface area contributed by atoms with Crippen molar-refractivity contribution in [3.05, 3.63) is 57.8 Å². The molecule has 0 fully saturated rings. The van der Waals surface area contributed by atoms with E-state index in [1.54, 1.807) is 4.57 Å². The van der Waals surface area contributed by atoms with Crippen molar-refractivity contribution in [1.29, 1.82) is 0 Å². The molecular weight excluding hydrogens is 278 g/mol. The molecule has 3 rings (SSSR count). The molecule has 0 atom stereocenters. The van der Waals surface area contributed by atoms with Gasteiger partial charge in [-0.25, -0.2) is 4.98 Å². The van der Waals surface area contributed by atoms with Gasteiger partial charge in [0.15, 0.2) is 0 Å². The number of aryl methyl sites for hydroxylation is 2. The molecule has 2 heterocycles. The molecule has 2 aromatic rings. The Morgan fingerprint density at radius 2 is 2.23 bits per heavy atom. The molecule has 1 aliphatic heterocycles. The van der Waals surface area contributed by atoms with Gasteiger partial charge in [0.25, 0.3) is 11.5 Å².